The van der Waals surface area contributed by atoms with Crippen LogP contribution in [0.4, 0.5) is 0 Å². The van der Waals surface area contributed by atoms with Gasteiger partial charge in [-0.3, -0.25) is 0 Å². The second-order valence-electron chi connectivity index (χ2n) is 10.1. The third kappa shape index (κ3) is 14.3. The lowest BCUT2D eigenvalue weighted by molar-refractivity contribution is 0.244. The van der Waals surface area contributed by atoms with Gasteiger partial charge in [0.15, 0.2) is 0 Å². The molecule has 0 atom stereocenters. The SMILES string of the molecule is C.C.CC1(C)CC1.CC1(C)CCCCC1.C[Si]1(C)CCCCC1. The highest BCUT2D eigenvalue weighted by Crippen LogP contribution is 2.43. The summed E-state index contributed by atoms with van der Waals surface area (Å²) >= 11 is 0. The fourth-order valence-corrected chi connectivity index (χ4v) is 5.93. The zero-order valence-electron chi connectivity index (χ0n) is 16.0. The molecule has 0 spiro atoms. The quantitative estimate of drug-likeness (QED) is 0.385. The molecule has 142 valence electrons. The van der Waals surface area contributed by atoms with E-state index in [1.165, 1.54) is 64.2 Å². The first-order valence-electron chi connectivity index (χ1n) is 9.62. The summed E-state index contributed by atoms with van der Waals surface area (Å²) < 4.78 is 0. The molecule has 0 N–H and O–H groups in total. The van der Waals surface area contributed by atoms with E-state index in [-0.39, 0.29) is 14.9 Å². The second kappa shape index (κ2) is 11.0. The van der Waals surface area contributed by atoms with E-state index < -0.39 is 8.07 Å². The van der Waals surface area contributed by atoms with Gasteiger partial charge in [0.25, 0.3) is 0 Å². The van der Waals surface area contributed by atoms with Crippen LogP contribution in [0.25, 0.3) is 0 Å². The van der Waals surface area contributed by atoms with E-state index in [0.29, 0.717) is 5.41 Å². The van der Waals surface area contributed by atoms with Crippen LogP contribution in [0.15, 0.2) is 0 Å². The van der Waals surface area contributed by atoms with Gasteiger partial charge in [-0.2, -0.15) is 0 Å². The van der Waals surface area contributed by atoms with Crippen molar-refractivity contribution in [2.24, 2.45) is 10.8 Å². The maximum absolute atomic E-state index is 2.52. The van der Waals surface area contributed by atoms with Crippen molar-refractivity contribution in [2.75, 3.05) is 0 Å². The van der Waals surface area contributed by atoms with Crippen LogP contribution < -0.4 is 0 Å². The third-order valence-corrected chi connectivity index (χ3v) is 9.08. The van der Waals surface area contributed by atoms with E-state index in [1.54, 1.807) is 12.1 Å². The zero-order chi connectivity index (χ0) is 16.0. The van der Waals surface area contributed by atoms with Gasteiger partial charge in [-0.05, 0) is 36.5 Å². The number of rotatable bonds is 0. The van der Waals surface area contributed by atoms with Crippen LogP contribution in [-0.4, -0.2) is 8.07 Å². The van der Waals surface area contributed by atoms with E-state index in [4.69, 9.17) is 0 Å². The lowest BCUT2D eigenvalue weighted by atomic mass is 9.78. The molecule has 0 unspecified atom stereocenters. The van der Waals surface area contributed by atoms with Crippen molar-refractivity contribution < 1.29 is 0 Å². The van der Waals surface area contributed by atoms with Gasteiger partial charge in [0, 0.05) is 8.07 Å². The fourth-order valence-electron chi connectivity index (χ4n) is 3.27. The Morgan fingerprint density at radius 3 is 1.00 bits per heavy atom. The van der Waals surface area contributed by atoms with Gasteiger partial charge in [-0.25, -0.2) is 0 Å². The predicted molar refractivity (Wildman–Crippen MR) is 114 cm³/mol. The first-order chi connectivity index (χ1) is 9.62. The highest BCUT2D eigenvalue weighted by molar-refractivity contribution is 6.77. The molecule has 3 rings (SSSR count). The summed E-state index contributed by atoms with van der Waals surface area (Å²) in [5, 5.41) is 0. The van der Waals surface area contributed by atoms with Crippen molar-refractivity contribution >= 4 is 8.07 Å². The van der Waals surface area contributed by atoms with Gasteiger partial charge >= 0.3 is 0 Å². The topological polar surface area (TPSA) is 0 Å². The van der Waals surface area contributed by atoms with Gasteiger partial charge in [0.05, 0.1) is 0 Å². The van der Waals surface area contributed by atoms with Crippen molar-refractivity contribution in [2.45, 2.75) is 132 Å². The van der Waals surface area contributed by atoms with Gasteiger partial charge in [-0.1, -0.05) is 106 Å². The smallest absolute Gasteiger partial charge is 0.0473 e. The predicted octanol–water partition coefficient (Wildman–Crippen LogP) is 8.93. The highest BCUT2D eigenvalue weighted by Gasteiger charge is 2.30. The summed E-state index contributed by atoms with van der Waals surface area (Å²) in [5.41, 5.74) is 1.43. The van der Waals surface area contributed by atoms with Crippen molar-refractivity contribution in [1.82, 2.24) is 0 Å². The molecule has 0 radical (unpaired) electrons. The molecule has 23 heavy (non-hydrogen) atoms. The normalized spacial score (nSPS) is 25.8. The van der Waals surface area contributed by atoms with Crippen molar-refractivity contribution in [1.29, 1.82) is 0 Å². The third-order valence-electron chi connectivity index (χ3n) is 5.66. The summed E-state index contributed by atoms with van der Waals surface area (Å²) in [7, 11) is -0.590. The Morgan fingerprint density at radius 2 is 0.826 bits per heavy atom. The molecule has 0 aromatic carbocycles. The molecule has 2 aliphatic carbocycles. The van der Waals surface area contributed by atoms with E-state index in [2.05, 4.69) is 40.8 Å². The van der Waals surface area contributed by atoms with Gasteiger partial charge in [-0.15, -0.1) is 0 Å². The minimum absolute atomic E-state index is 0. The fraction of sp³-hybridized carbons (Fsp3) is 1.00. The maximum Gasteiger partial charge on any atom is 0.0473 e. The average Bonchev–Trinajstić information content (AvgIpc) is 3.05. The average molecular weight is 343 g/mol. The molecule has 3 aliphatic rings. The minimum Gasteiger partial charge on any atom is -0.0776 e. The molecule has 1 heteroatoms. The number of hydrogen-bond donors (Lipinski definition) is 0. The first-order valence-corrected chi connectivity index (χ1v) is 13.0. The monoisotopic (exact) mass is 342 g/mol. The Labute approximate surface area is 151 Å². The molecule has 0 aromatic rings. The number of hydrogen-bond acceptors (Lipinski definition) is 0. The van der Waals surface area contributed by atoms with Crippen LogP contribution in [0.3, 0.4) is 0 Å². The summed E-state index contributed by atoms with van der Waals surface area (Å²) in [6.45, 7) is 14.4. The van der Waals surface area contributed by atoms with E-state index >= 15 is 0 Å². The minimum atomic E-state index is -0.590. The molecule has 1 aliphatic heterocycles. The van der Waals surface area contributed by atoms with Gasteiger partial charge in [0.2, 0.25) is 0 Å². The Morgan fingerprint density at radius 1 is 0.522 bits per heavy atom. The van der Waals surface area contributed by atoms with Crippen LogP contribution in [0, 0.1) is 10.8 Å². The van der Waals surface area contributed by atoms with E-state index in [1.807, 2.05) is 0 Å². The van der Waals surface area contributed by atoms with Crippen molar-refractivity contribution in [3.05, 3.63) is 0 Å². The summed E-state index contributed by atoms with van der Waals surface area (Å²) in [4.78, 5) is 0. The van der Waals surface area contributed by atoms with Gasteiger partial charge < -0.3 is 0 Å². The van der Waals surface area contributed by atoms with Crippen molar-refractivity contribution in [3.63, 3.8) is 0 Å². The van der Waals surface area contributed by atoms with E-state index in [0.717, 1.165) is 5.41 Å². The van der Waals surface area contributed by atoms with Crippen LogP contribution in [0.2, 0.25) is 25.2 Å². The van der Waals surface area contributed by atoms with E-state index in [9.17, 15) is 0 Å². The zero-order valence-corrected chi connectivity index (χ0v) is 17.0. The Bertz CT molecular complexity index is 244. The molecular formula is C22H50Si. The lowest BCUT2D eigenvalue weighted by Gasteiger charge is -2.28. The standard InChI is InChI=1S/C8H16.C7H16Si.C5H10.2CH4/c2*1-8(2)6-4-3-5-7-8;1-5(2)3-4-5;;/h2*3-7H2,1-2H3;3-4H2,1-2H3;2*1H4. The lowest BCUT2D eigenvalue weighted by Crippen LogP contribution is -2.27. The molecule has 0 bridgehead atoms. The second-order valence-corrected chi connectivity index (χ2v) is 15.4. The Hall–Kier alpha value is 0.217. The molecular weight excluding hydrogens is 292 g/mol. The summed E-state index contributed by atoms with van der Waals surface area (Å²) in [6, 6.07) is 3.18. The molecule has 0 aromatic heterocycles. The molecule has 0 amide bonds. The molecule has 0 nitrogen and oxygen atoms in total. The first kappa shape index (κ1) is 25.5. The highest BCUT2D eigenvalue weighted by atomic mass is 28.3. The van der Waals surface area contributed by atoms with Crippen LogP contribution in [0.5, 0.6) is 0 Å². The maximum atomic E-state index is 2.52. The van der Waals surface area contributed by atoms with Crippen LogP contribution in [0.1, 0.15) is 107 Å². The Balaban J connectivity index is 0. The molecule has 3 fully saturated rings. The molecule has 1 saturated heterocycles. The van der Waals surface area contributed by atoms with Crippen LogP contribution >= 0.6 is 0 Å². The van der Waals surface area contributed by atoms with Crippen molar-refractivity contribution in [3.8, 4) is 0 Å². The largest absolute Gasteiger partial charge is 0.0776 e. The molecule has 2 saturated carbocycles. The Kier molecular flexibility index (Phi) is 12.1. The van der Waals surface area contributed by atoms with Gasteiger partial charge in [0.1, 0.15) is 0 Å². The van der Waals surface area contributed by atoms with Crippen LogP contribution in [-0.2, 0) is 0 Å². The molecule has 1 heterocycles. The summed E-state index contributed by atoms with van der Waals surface area (Å²) in [6.07, 6.45) is 14.8. The summed E-state index contributed by atoms with van der Waals surface area (Å²) in [5.74, 6) is 0.